The third-order valence-corrected chi connectivity index (χ3v) is 3.56. The van der Waals surface area contributed by atoms with E-state index in [1.807, 2.05) is 0 Å². The molecule has 1 aliphatic rings. The number of carbonyl (C=O) groups is 3. The van der Waals surface area contributed by atoms with E-state index < -0.39 is 23.8 Å². The number of imide groups is 1. The lowest BCUT2D eigenvalue weighted by Crippen LogP contribution is -2.45. The maximum Gasteiger partial charge on any atom is 0.329 e. The van der Waals surface area contributed by atoms with Crippen molar-refractivity contribution in [3.63, 3.8) is 0 Å². The van der Waals surface area contributed by atoms with Crippen LogP contribution in [0.15, 0.2) is 24.3 Å². The molecule has 2 amide bonds. The second kappa shape index (κ2) is 6.09. The maximum atomic E-state index is 12.3. The van der Waals surface area contributed by atoms with Crippen LogP contribution in [0, 0.1) is 0 Å². The molecule has 0 radical (unpaired) electrons. The van der Waals surface area contributed by atoms with Crippen LogP contribution in [-0.4, -0.2) is 41.6 Å². The first-order valence-corrected chi connectivity index (χ1v) is 6.90. The van der Waals surface area contributed by atoms with E-state index in [2.05, 4.69) is 12.6 Å². The molecule has 0 spiro atoms. The quantitative estimate of drug-likeness (QED) is 0.508. The molecule has 2 rings (SSSR count). The lowest BCUT2D eigenvalue weighted by atomic mass is 10.1. The third-order valence-electron chi connectivity index (χ3n) is 3.25. The van der Waals surface area contributed by atoms with Crippen molar-refractivity contribution in [3.05, 3.63) is 35.4 Å². The summed E-state index contributed by atoms with van der Waals surface area (Å²) >= 11 is 4.09. The summed E-state index contributed by atoms with van der Waals surface area (Å²) in [6.07, 6.45) is 0.956. The Morgan fingerprint density at radius 1 is 1.25 bits per heavy atom. The molecule has 1 aliphatic heterocycles. The van der Waals surface area contributed by atoms with Gasteiger partial charge >= 0.3 is 5.97 Å². The second-order valence-corrected chi connectivity index (χ2v) is 4.88. The Labute approximate surface area is 122 Å². The van der Waals surface area contributed by atoms with Crippen LogP contribution in [0.25, 0.3) is 0 Å². The molecule has 1 unspecified atom stereocenters. The van der Waals surface area contributed by atoms with Crippen LogP contribution in [0.2, 0.25) is 0 Å². The first-order chi connectivity index (χ1) is 9.61. The van der Waals surface area contributed by atoms with E-state index in [0.29, 0.717) is 29.7 Å². The van der Waals surface area contributed by atoms with Crippen molar-refractivity contribution in [2.45, 2.75) is 18.9 Å². The molecular formula is C14H15NO4S. The molecule has 0 saturated carbocycles. The smallest absolute Gasteiger partial charge is 0.329 e. The number of nitrogens with zero attached hydrogens (tertiary/aromatic N) is 1. The molecular weight excluding hydrogens is 278 g/mol. The summed E-state index contributed by atoms with van der Waals surface area (Å²) in [5.74, 6) is -0.905. The molecule has 0 saturated heterocycles. The van der Waals surface area contributed by atoms with Crippen LogP contribution in [0.4, 0.5) is 0 Å². The molecule has 0 aromatic heterocycles. The number of benzene rings is 1. The van der Waals surface area contributed by atoms with Gasteiger partial charge in [0.25, 0.3) is 11.8 Å². The van der Waals surface area contributed by atoms with E-state index in [-0.39, 0.29) is 0 Å². The summed E-state index contributed by atoms with van der Waals surface area (Å²) in [6.45, 7) is 0. The molecule has 106 valence electrons. The predicted octanol–water partition coefficient (Wildman–Crippen LogP) is 1.53. The van der Waals surface area contributed by atoms with Gasteiger partial charge in [0, 0.05) is 0 Å². The fourth-order valence-corrected chi connectivity index (χ4v) is 2.45. The van der Waals surface area contributed by atoms with Gasteiger partial charge in [-0.2, -0.15) is 12.6 Å². The summed E-state index contributed by atoms with van der Waals surface area (Å²) in [7, 11) is 1.24. The van der Waals surface area contributed by atoms with Crippen LogP contribution >= 0.6 is 12.6 Å². The van der Waals surface area contributed by atoms with Crippen molar-refractivity contribution in [1.82, 2.24) is 4.90 Å². The monoisotopic (exact) mass is 293 g/mol. The largest absolute Gasteiger partial charge is 0.467 e. The minimum atomic E-state index is -0.889. The van der Waals surface area contributed by atoms with Crippen molar-refractivity contribution in [2.24, 2.45) is 0 Å². The first kappa shape index (κ1) is 14.6. The highest BCUT2D eigenvalue weighted by molar-refractivity contribution is 7.80. The summed E-state index contributed by atoms with van der Waals surface area (Å²) in [4.78, 5) is 37.5. The van der Waals surface area contributed by atoms with Gasteiger partial charge in [0.2, 0.25) is 0 Å². The lowest BCUT2D eigenvalue weighted by molar-refractivity contribution is -0.145. The highest BCUT2D eigenvalue weighted by Crippen LogP contribution is 2.26. The van der Waals surface area contributed by atoms with Gasteiger partial charge in [0.1, 0.15) is 6.04 Å². The van der Waals surface area contributed by atoms with Gasteiger partial charge in [0.05, 0.1) is 18.2 Å². The molecule has 0 N–H and O–H groups in total. The van der Waals surface area contributed by atoms with Gasteiger partial charge in [-0.1, -0.05) is 12.1 Å². The van der Waals surface area contributed by atoms with Gasteiger partial charge in [-0.3, -0.25) is 14.5 Å². The Kier molecular flexibility index (Phi) is 4.44. The maximum absolute atomic E-state index is 12.3. The van der Waals surface area contributed by atoms with Gasteiger partial charge in [0.15, 0.2) is 0 Å². The SMILES string of the molecule is COC(=O)C(CCCS)N1C(=O)c2ccccc2C1=O. The van der Waals surface area contributed by atoms with Crippen molar-refractivity contribution in [3.8, 4) is 0 Å². The number of esters is 1. The normalized spacial score (nSPS) is 15.2. The number of ether oxygens (including phenoxy) is 1. The molecule has 20 heavy (non-hydrogen) atoms. The minimum Gasteiger partial charge on any atom is -0.467 e. The topological polar surface area (TPSA) is 63.7 Å². The van der Waals surface area contributed by atoms with Crippen LogP contribution < -0.4 is 0 Å². The number of fused-ring (bicyclic) bond motifs is 1. The molecule has 0 fully saturated rings. The fraction of sp³-hybridized carbons (Fsp3) is 0.357. The van der Waals surface area contributed by atoms with E-state index in [1.54, 1.807) is 24.3 Å². The van der Waals surface area contributed by atoms with E-state index >= 15 is 0 Å². The Bertz CT molecular complexity index is 523. The summed E-state index contributed by atoms with van der Waals surface area (Å²) < 4.78 is 4.71. The molecule has 1 aromatic carbocycles. The van der Waals surface area contributed by atoms with E-state index in [1.165, 1.54) is 7.11 Å². The van der Waals surface area contributed by atoms with Crippen LogP contribution in [0.1, 0.15) is 33.6 Å². The van der Waals surface area contributed by atoms with Crippen molar-refractivity contribution >= 4 is 30.4 Å². The fourth-order valence-electron chi connectivity index (χ4n) is 2.26. The average Bonchev–Trinajstić information content (AvgIpc) is 2.73. The molecule has 6 heteroatoms. The number of thiol groups is 1. The van der Waals surface area contributed by atoms with Crippen LogP contribution in [0.5, 0.6) is 0 Å². The zero-order valence-electron chi connectivity index (χ0n) is 11.0. The van der Waals surface area contributed by atoms with E-state index in [9.17, 15) is 14.4 Å². The van der Waals surface area contributed by atoms with Gasteiger partial charge in [-0.15, -0.1) is 0 Å². The van der Waals surface area contributed by atoms with Crippen molar-refractivity contribution in [1.29, 1.82) is 0 Å². The molecule has 0 aliphatic carbocycles. The van der Waals surface area contributed by atoms with Gasteiger partial charge in [-0.05, 0) is 30.7 Å². The number of hydrogen-bond donors (Lipinski definition) is 1. The number of methoxy groups -OCH3 is 1. The number of rotatable bonds is 5. The predicted molar refractivity (Wildman–Crippen MR) is 75.8 cm³/mol. The molecule has 0 bridgehead atoms. The Balaban J connectivity index is 2.34. The summed E-state index contributed by atoms with van der Waals surface area (Å²) in [6, 6.07) is 5.66. The van der Waals surface area contributed by atoms with Crippen LogP contribution in [-0.2, 0) is 9.53 Å². The molecule has 5 nitrogen and oxygen atoms in total. The van der Waals surface area contributed by atoms with Crippen molar-refractivity contribution in [2.75, 3.05) is 12.9 Å². The minimum absolute atomic E-state index is 0.331. The Morgan fingerprint density at radius 2 is 1.80 bits per heavy atom. The Morgan fingerprint density at radius 3 is 2.25 bits per heavy atom. The highest BCUT2D eigenvalue weighted by Gasteiger charge is 2.42. The molecule has 1 heterocycles. The molecule has 1 aromatic rings. The van der Waals surface area contributed by atoms with Gasteiger partial charge in [-0.25, -0.2) is 4.79 Å². The Hall–Kier alpha value is -1.82. The number of carbonyl (C=O) groups excluding carboxylic acids is 3. The van der Waals surface area contributed by atoms with E-state index in [0.717, 1.165) is 4.90 Å². The summed E-state index contributed by atoms with van der Waals surface area (Å²) in [5.41, 5.74) is 0.662. The average molecular weight is 293 g/mol. The number of hydrogen-bond acceptors (Lipinski definition) is 5. The van der Waals surface area contributed by atoms with E-state index in [4.69, 9.17) is 4.74 Å². The summed E-state index contributed by atoms with van der Waals surface area (Å²) in [5, 5.41) is 0. The van der Waals surface area contributed by atoms with Crippen molar-refractivity contribution < 1.29 is 19.1 Å². The second-order valence-electron chi connectivity index (χ2n) is 4.43. The first-order valence-electron chi connectivity index (χ1n) is 6.27. The zero-order chi connectivity index (χ0) is 14.7. The lowest BCUT2D eigenvalue weighted by Gasteiger charge is -2.23. The zero-order valence-corrected chi connectivity index (χ0v) is 11.9. The standard InChI is InChI=1S/C14H15NO4S/c1-19-14(18)11(7-4-8-20)15-12(16)9-5-2-3-6-10(9)13(15)17/h2-3,5-6,11,20H,4,7-8H2,1H3. The van der Waals surface area contributed by atoms with Crippen LogP contribution in [0.3, 0.4) is 0 Å². The van der Waals surface area contributed by atoms with Gasteiger partial charge < -0.3 is 4.74 Å². The molecule has 1 atom stereocenters. The highest BCUT2D eigenvalue weighted by atomic mass is 32.1. The number of amides is 2. The third kappa shape index (κ3) is 2.43.